The summed E-state index contributed by atoms with van der Waals surface area (Å²) in [4.78, 5) is 10.1. The van der Waals surface area contributed by atoms with Crippen LogP contribution in [0, 0.1) is 0 Å². The van der Waals surface area contributed by atoms with Gasteiger partial charge in [-0.15, -0.1) is 0 Å². The fourth-order valence-corrected chi connectivity index (χ4v) is 0.989. The Kier molecular flexibility index (Phi) is 4.12. The summed E-state index contributed by atoms with van der Waals surface area (Å²) in [6.45, 7) is 4.20. The molecule has 0 fully saturated rings. The molecular weight excluding hydrogens is 180 g/mol. The van der Waals surface area contributed by atoms with E-state index in [1.54, 1.807) is 12.4 Å². The van der Waals surface area contributed by atoms with Crippen LogP contribution in [-0.2, 0) is 4.74 Å². The second kappa shape index (κ2) is 5.39. The van der Waals surface area contributed by atoms with Crippen molar-refractivity contribution >= 4 is 11.6 Å². The van der Waals surface area contributed by atoms with Gasteiger partial charge in [0, 0.05) is 20.2 Å². The van der Waals surface area contributed by atoms with Crippen LogP contribution in [-0.4, -0.2) is 36.8 Å². The predicted octanol–water partition coefficient (Wildman–Crippen LogP) is 0.531. The van der Waals surface area contributed by atoms with Crippen molar-refractivity contribution in [1.29, 1.82) is 0 Å². The van der Waals surface area contributed by atoms with Crippen LogP contribution in [0.2, 0.25) is 0 Å². The Morgan fingerprint density at radius 3 is 2.79 bits per heavy atom. The van der Waals surface area contributed by atoms with E-state index in [0.29, 0.717) is 12.4 Å². The quantitative estimate of drug-likeness (QED) is 0.696. The third-order valence-corrected chi connectivity index (χ3v) is 1.82. The Morgan fingerprint density at radius 1 is 1.43 bits per heavy atom. The molecule has 14 heavy (non-hydrogen) atoms. The summed E-state index contributed by atoms with van der Waals surface area (Å²) in [6.07, 6.45) is 3.20. The molecule has 0 saturated heterocycles. The Labute approximate surface area is 83.9 Å². The zero-order valence-corrected chi connectivity index (χ0v) is 8.60. The first-order valence-corrected chi connectivity index (χ1v) is 4.60. The van der Waals surface area contributed by atoms with Gasteiger partial charge in [0.1, 0.15) is 11.6 Å². The summed E-state index contributed by atoms with van der Waals surface area (Å²) < 4.78 is 5.23. The average Bonchev–Trinajstić information content (AvgIpc) is 2.19. The molecule has 1 heterocycles. The Morgan fingerprint density at radius 2 is 2.21 bits per heavy atom. The van der Waals surface area contributed by atoms with E-state index >= 15 is 0 Å². The molecule has 0 saturated carbocycles. The van der Waals surface area contributed by atoms with Crippen LogP contribution in [0.15, 0.2) is 12.4 Å². The van der Waals surface area contributed by atoms with Gasteiger partial charge in [-0.1, -0.05) is 0 Å². The minimum absolute atomic E-state index is 0.437. The zero-order valence-electron chi connectivity index (χ0n) is 8.60. The third kappa shape index (κ3) is 3.18. The summed E-state index contributed by atoms with van der Waals surface area (Å²) in [5, 5.41) is 0. The molecule has 5 heteroatoms. The molecule has 0 unspecified atom stereocenters. The molecular formula is C9H16N4O. The van der Waals surface area contributed by atoms with Gasteiger partial charge in [-0.05, 0) is 6.92 Å². The van der Waals surface area contributed by atoms with E-state index < -0.39 is 0 Å². The second-order valence-corrected chi connectivity index (χ2v) is 2.92. The van der Waals surface area contributed by atoms with Gasteiger partial charge in [0.05, 0.1) is 19.0 Å². The van der Waals surface area contributed by atoms with E-state index in [1.807, 2.05) is 18.9 Å². The fourth-order valence-electron chi connectivity index (χ4n) is 0.989. The molecule has 0 radical (unpaired) electrons. The minimum Gasteiger partial charge on any atom is -0.382 e. The number of anilines is 2. The topological polar surface area (TPSA) is 64.3 Å². The van der Waals surface area contributed by atoms with Crippen LogP contribution in [0.25, 0.3) is 0 Å². The van der Waals surface area contributed by atoms with Crippen LogP contribution in [0.3, 0.4) is 0 Å². The Bertz CT molecular complexity index is 262. The van der Waals surface area contributed by atoms with Gasteiger partial charge < -0.3 is 15.4 Å². The largest absolute Gasteiger partial charge is 0.382 e. The molecule has 0 amide bonds. The van der Waals surface area contributed by atoms with Crippen LogP contribution in [0.4, 0.5) is 11.6 Å². The predicted molar refractivity (Wildman–Crippen MR) is 56.2 cm³/mol. The van der Waals surface area contributed by atoms with Crippen molar-refractivity contribution in [3.63, 3.8) is 0 Å². The van der Waals surface area contributed by atoms with Gasteiger partial charge in [-0.3, -0.25) is 0 Å². The van der Waals surface area contributed by atoms with E-state index in [9.17, 15) is 0 Å². The normalized spacial score (nSPS) is 10.1. The van der Waals surface area contributed by atoms with Gasteiger partial charge in [0.2, 0.25) is 0 Å². The number of hydrogen-bond donors (Lipinski definition) is 1. The average molecular weight is 196 g/mol. The molecule has 2 N–H and O–H groups in total. The fraction of sp³-hybridized carbons (Fsp3) is 0.556. The van der Waals surface area contributed by atoms with Crippen LogP contribution < -0.4 is 10.6 Å². The lowest BCUT2D eigenvalue weighted by Crippen LogP contribution is -2.23. The summed E-state index contributed by atoms with van der Waals surface area (Å²) in [5.41, 5.74) is 5.43. The molecule has 0 bridgehead atoms. The molecule has 0 atom stereocenters. The molecule has 5 nitrogen and oxygen atoms in total. The second-order valence-electron chi connectivity index (χ2n) is 2.92. The van der Waals surface area contributed by atoms with E-state index in [2.05, 4.69) is 9.97 Å². The number of rotatable bonds is 5. The summed E-state index contributed by atoms with van der Waals surface area (Å²) in [7, 11) is 1.94. The van der Waals surface area contributed by atoms with Crippen LogP contribution in [0.1, 0.15) is 6.92 Å². The smallest absolute Gasteiger partial charge is 0.147 e. The van der Waals surface area contributed by atoms with Gasteiger partial charge in [0.15, 0.2) is 0 Å². The maximum absolute atomic E-state index is 5.43. The molecule has 0 aromatic carbocycles. The van der Waals surface area contributed by atoms with Gasteiger partial charge in [-0.25, -0.2) is 9.97 Å². The third-order valence-electron chi connectivity index (χ3n) is 1.82. The van der Waals surface area contributed by atoms with Crippen LogP contribution in [0.5, 0.6) is 0 Å². The molecule has 78 valence electrons. The molecule has 1 aromatic rings. The maximum Gasteiger partial charge on any atom is 0.147 e. The number of nitrogen functional groups attached to an aromatic ring is 1. The van der Waals surface area contributed by atoms with E-state index in [-0.39, 0.29) is 0 Å². The van der Waals surface area contributed by atoms with Crippen molar-refractivity contribution in [2.24, 2.45) is 0 Å². The van der Waals surface area contributed by atoms with Gasteiger partial charge >= 0.3 is 0 Å². The summed E-state index contributed by atoms with van der Waals surface area (Å²) in [5.74, 6) is 1.24. The van der Waals surface area contributed by atoms with E-state index in [1.165, 1.54) is 0 Å². The lowest BCUT2D eigenvalue weighted by molar-refractivity contribution is 0.154. The first kappa shape index (κ1) is 10.7. The molecule has 0 aliphatic rings. The van der Waals surface area contributed by atoms with Crippen molar-refractivity contribution in [3.05, 3.63) is 12.4 Å². The van der Waals surface area contributed by atoms with Crippen molar-refractivity contribution in [2.75, 3.05) is 37.4 Å². The molecule has 0 aliphatic heterocycles. The first-order chi connectivity index (χ1) is 6.74. The Balaban J connectivity index is 2.43. The number of hydrogen-bond acceptors (Lipinski definition) is 5. The monoisotopic (exact) mass is 196 g/mol. The summed E-state index contributed by atoms with van der Waals surface area (Å²) in [6, 6.07) is 0. The molecule has 0 spiro atoms. The lowest BCUT2D eigenvalue weighted by Gasteiger charge is -2.17. The number of ether oxygens (including phenoxy) is 1. The zero-order chi connectivity index (χ0) is 10.4. The highest BCUT2D eigenvalue weighted by Gasteiger charge is 2.01. The molecule has 1 rings (SSSR count). The summed E-state index contributed by atoms with van der Waals surface area (Å²) >= 11 is 0. The SMILES string of the molecule is CCOCCN(C)c1cnc(N)cn1. The first-order valence-electron chi connectivity index (χ1n) is 4.60. The Hall–Kier alpha value is -1.36. The van der Waals surface area contributed by atoms with E-state index in [4.69, 9.17) is 10.5 Å². The highest BCUT2D eigenvalue weighted by atomic mass is 16.5. The number of nitrogens with two attached hydrogens (primary N) is 1. The standard InChI is InChI=1S/C9H16N4O/c1-3-14-5-4-13(2)9-7-11-8(10)6-12-9/h6-7H,3-5H2,1-2H3,(H2,10,11). The van der Waals surface area contributed by atoms with Crippen molar-refractivity contribution in [2.45, 2.75) is 6.92 Å². The maximum atomic E-state index is 5.43. The van der Waals surface area contributed by atoms with Crippen molar-refractivity contribution in [1.82, 2.24) is 9.97 Å². The number of likely N-dealkylation sites (N-methyl/N-ethyl adjacent to an activating group) is 1. The molecule has 1 aromatic heterocycles. The highest BCUT2D eigenvalue weighted by Crippen LogP contribution is 2.06. The highest BCUT2D eigenvalue weighted by molar-refractivity contribution is 5.38. The van der Waals surface area contributed by atoms with E-state index in [0.717, 1.165) is 19.0 Å². The number of nitrogens with zero attached hydrogens (tertiary/aromatic N) is 3. The van der Waals surface area contributed by atoms with Gasteiger partial charge in [0.25, 0.3) is 0 Å². The van der Waals surface area contributed by atoms with Crippen molar-refractivity contribution in [3.8, 4) is 0 Å². The van der Waals surface area contributed by atoms with Crippen LogP contribution >= 0.6 is 0 Å². The van der Waals surface area contributed by atoms with Crippen molar-refractivity contribution < 1.29 is 4.74 Å². The lowest BCUT2D eigenvalue weighted by atomic mass is 10.5. The van der Waals surface area contributed by atoms with Gasteiger partial charge in [-0.2, -0.15) is 0 Å². The number of aromatic nitrogens is 2. The molecule has 0 aliphatic carbocycles. The minimum atomic E-state index is 0.437.